The summed E-state index contributed by atoms with van der Waals surface area (Å²) in [6, 6.07) is 3.73. The van der Waals surface area contributed by atoms with Gasteiger partial charge >= 0.3 is 0 Å². The first-order valence-corrected chi connectivity index (χ1v) is 6.40. The Hall–Kier alpha value is -1.09. The van der Waals surface area contributed by atoms with Crippen LogP contribution in [0.2, 0.25) is 0 Å². The highest BCUT2D eigenvalue weighted by molar-refractivity contribution is 14.0. The van der Waals surface area contributed by atoms with Crippen LogP contribution in [0.25, 0.3) is 0 Å². The fraction of sp³-hybridized carbons (Fsp3) is 0.538. The first-order chi connectivity index (χ1) is 9.36. The van der Waals surface area contributed by atoms with Gasteiger partial charge < -0.3 is 20.1 Å². The van der Waals surface area contributed by atoms with E-state index in [2.05, 4.69) is 20.6 Å². The Bertz CT molecular complexity index is 363. The van der Waals surface area contributed by atoms with Crippen LogP contribution in [0.5, 0.6) is 5.75 Å². The second kappa shape index (κ2) is 12.9. The predicted molar refractivity (Wildman–Crippen MR) is 91.0 cm³/mol. The number of aromatic nitrogens is 1. The SMILES string of the molecule is CCNC(=NCCOC)NCCOc1cccnc1.I. The van der Waals surface area contributed by atoms with Crippen LogP contribution in [0.3, 0.4) is 0 Å². The number of nitrogens with zero attached hydrogens (tertiary/aromatic N) is 2. The topological polar surface area (TPSA) is 67.8 Å². The molecule has 6 nitrogen and oxygen atoms in total. The van der Waals surface area contributed by atoms with Gasteiger partial charge in [0, 0.05) is 19.9 Å². The Labute approximate surface area is 137 Å². The summed E-state index contributed by atoms with van der Waals surface area (Å²) in [6.07, 6.45) is 3.41. The summed E-state index contributed by atoms with van der Waals surface area (Å²) in [5.41, 5.74) is 0. The van der Waals surface area contributed by atoms with E-state index in [4.69, 9.17) is 9.47 Å². The summed E-state index contributed by atoms with van der Waals surface area (Å²) in [4.78, 5) is 8.33. The largest absolute Gasteiger partial charge is 0.490 e. The van der Waals surface area contributed by atoms with Gasteiger partial charge in [0.25, 0.3) is 0 Å². The molecule has 114 valence electrons. The number of nitrogens with one attached hydrogen (secondary N) is 2. The molecule has 0 saturated heterocycles. The number of pyridine rings is 1. The standard InChI is InChI=1S/C13H22N4O2.HI/c1-3-15-13(16-7-9-18-2)17-8-10-19-12-5-4-6-14-11-12;/h4-6,11H,3,7-10H2,1-2H3,(H2,15,16,17);1H. The summed E-state index contributed by atoms with van der Waals surface area (Å²) in [6.45, 7) is 5.33. The normalized spacial score (nSPS) is 10.6. The Morgan fingerprint density at radius 3 is 2.85 bits per heavy atom. The number of methoxy groups -OCH3 is 1. The highest BCUT2D eigenvalue weighted by atomic mass is 127. The zero-order valence-electron chi connectivity index (χ0n) is 12.0. The van der Waals surface area contributed by atoms with Gasteiger partial charge in [-0.05, 0) is 19.1 Å². The minimum Gasteiger partial charge on any atom is -0.490 e. The quantitative estimate of drug-likeness (QED) is 0.301. The van der Waals surface area contributed by atoms with Gasteiger partial charge in [-0.25, -0.2) is 0 Å². The van der Waals surface area contributed by atoms with Crippen LogP contribution in [0, 0.1) is 0 Å². The summed E-state index contributed by atoms with van der Waals surface area (Å²) < 4.78 is 10.5. The molecule has 0 atom stereocenters. The zero-order chi connectivity index (χ0) is 13.8. The Morgan fingerprint density at radius 2 is 2.20 bits per heavy atom. The molecule has 1 aromatic heterocycles. The molecule has 20 heavy (non-hydrogen) atoms. The Balaban J connectivity index is 0.00000361. The molecule has 0 fully saturated rings. The van der Waals surface area contributed by atoms with Crippen molar-refractivity contribution in [2.45, 2.75) is 6.92 Å². The third-order valence-corrected chi connectivity index (χ3v) is 2.21. The van der Waals surface area contributed by atoms with Crippen LogP contribution >= 0.6 is 24.0 Å². The molecule has 0 aliphatic rings. The molecule has 0 unspecified atom stereocenters. The molecule has 0 bridgehead atoms. The molecule has 0 amide bonds. The van der Waals surface area contributed by atoms with Gasteiger partial charge in [-0.1, -0.05) is 0 Å². The van der Waals surface area contributed by atoms with Crippen LogP contribution in [0.15, 0.2) is 29.5 Å². The minimum absolute atomic E-state index is 0. The minimum atomic E-state index is 0. The van der Waals surface area contributed by atoms with Crippen LogP contribution in [0.1, 0.15) is 6.92 Å². The van der Waals surface area contributed by atoms with Crippen molar-refractivity contribution in [1.82, 2.24) is 15.6 Å². The number of ether oxygens (including phenoxy) is 2. The molecule has 1 rings (SSSR count). The molecule has 0 spiro atoms. The van der Waals surface area contributed by atoms with Crippen LogP contribution < -0.4 is 15.4 Å². The number of halogens is 1. The van der Waals surface area contributed by atoms with Crippen molar-refractivity contribution >= 4 is 29.9 Å². The van der Waals surface area contributed by atoms with E-state index in [0.717, 1.165) is 18.3 Å². The lowest BCUT2D eigenvalue weighted by atomic mass is 10.5. The molecule has 7 heteroatoms. The van der Waals surface area contributed by atoms with E-state index in [0.29, 0.717) is 26.3 Å². The van der Waals surface area contributed by atoms with Gasteiger partial charge in [0.2, 0.25) is 0 Å². The lowest BCUT2D eigenvalue weighted by Gasteiger charge is -2.11. The van der Waals surface area contributed by atoms with Crippen molar-refractivity contribution in [3.8, 4) is 5.75 Å². The number of rotatable bonds is 8. The molecular formula is C13H23IN4O2. The lowest BCUT2D eigenvalue weighted by molar-refractivity contribution is 0.208. The molecule has 2 N–H and O–H groups in total. The second-order valence-corrected chi connectivity index (χ2v) is 3.72. The summed E-state index contributed by atoms with van der Waals surface area (Å²) in [5, 5.41) is 6.34. The molecule has 0 saturated carbocycles. The van der Waals surface area contributed by atoms with Crippen molar-refractivity contribution in [3.05, 3.63) is 24.5 Å². The van der Waals surface area contributed by atoms with E-state index < -0.39 is 0 Å². The number of hydrogen-bond donors (Lipinski definition) is 2. The van der Waals surface area contributed by atoms with Crippen LogP contribution in [-0.4, -0.2) is 50.9 Å². The van der Waals surface area contributed by atoms with E-state index in [1.807, 2.05) is 19.1 Å². The van der Waals surface area contributed by atoms with Crippen LogP contribution in [0.4, 0.5) is 0 Å². The van der Waals surface area contributed by atoms with E-state index in [9.17, 15) is 0 Å². The van der Waals surface area contributed by atoms with Crippen molar-refractivity contribution in [3.63, 3.8) is 0 Å². The Kier molecular flexibility index (Phi) is 12.2. The molecule has 0 aliphatic heterocycles. The summed E-state index contributed by atoms with van der Waals surface area (Å²) in [5.74, 6) is 1.54. The van der Waals surface area contributed by atoms with E-state index in [-0.39, 0.29) is 24.0 Å². The lowest BCUT2D eigenvalue weighted by Crippen LogP contribution is -2.39. The van der Waals surface area contributed by atoms with E-state index >= 15 is 0 Å². The highest BCUT2D eigenvalue weighted by Crippen LogP contribution is 2.04. The highest BCUT2D eigenvalue weighted by Gasteiger charge is 1.97. The molecular weight excluding hydrogens is 371 g/mol. The van der Waals surface area contributed by atoms with Gasteiger partial charge in [0.15, 0.2) is 5.96 Å². The van der Waals surface area contributed by atoms with Gasteiger partial charge in [-0.3, -0.25) is 9.98 Å². The molecule has 0 radical (unpaired) electrons. The first kappa shape index (κ1) is 18.9. The molecule has 1 heterocycles. The zero-order valence-corrected chi connectivity index (χ0v) is 14.3. The smallest absolute Gasteiger partial charge is 0.191 e. The van der Waals surface area contributed by atoms with Crippen molar-refractivity contribution < 1.29 is 9.47 Å². The molecule has 1 aromatic rings. The van der Waals surface area contributed by atoms with E-state index in [1.165, 1.54) is 0 Å². The maximum Gasteiger partial charge on any atom is 0.191 e. The Morgan fingerprint density at radius 1 is 1.35 bits per heavy atom. The molecule has 0 aliphatic carbocycles. The van der Waals surface area contributed by atoms with Gasteiger partial charge in [0.05, 0.1) is 25.9 Å². The number of hydrogen-bond acceptors (Lipinski definition) is 4. The fourth-order valence-corrected chi connectivity index (χ4v) is 1.36. The second-order valence-electron chi connectivity index (χ2n) is 3.72. The average molecular weight is 394 g/mol. The maximum atomic E-state index is 5.53. The number of aliphatic imine (C=N–C) groups is 1. The van der Waals surface area contributed by atoms with Gasteiger partial charge in [-0.2, -0.15) is 0 Å². The van der Waals surface area contributed by atoms with Crippen molar-refractivity contribution in [2.24, 2.45) is 4.99 Å². The van der Waals surface area contributed by atoms with Crippen molar-refractivity contribution in [1.29, 1.82) is 0 Å². The molecule has 0 aromatic carbocycles. The van der Waals surface area contributed by atoms with Crippen LogP contribution in [-0.2, 0) is 4.74 Å². The predicted octanol–water partition coefficient (Wildman–Crippen LogP) is 1.28. The summed E-state index contributed by atoms with van der Waals surface area (Å²) in [7, 11) is 1.66. The third-order valence-electron chi connectivity index (χ3n) is 2.21. The first-order valence-electron chi connectivity index (χ1n) is 6.40. The van der Waals surface area contributed by atoms with Crippen molar-refractivity contribution in [2.75, 3.05) is 40.0 Å². The van der Waals surface area contributed by atoms with Gasteiger partial charge in [0.1, 0.15) is 12.4 Å². The summed E-state index contributed by atoms with van der Waals surface area (Å²) >= 11 is 0. The average Bonchev–Trinajstić information content (AvgIpc) is 2.45. The van der Waals surface area contributed by atoms with Gasteiger partial charge in [-0.15, -0.1) is 24.0 Å². The third kappa shape index (κ3) is 8.92. The number of guanidine groups is 1. The monoisotopic (exact) mass is 394 g/mol. The maximum absolute atomic E-state index is 5.53. The van der Waals surface area contributed by atoms with E-state index in [1.54, 1.807) is 19.5 Å². The fourth-order valence-electron chi connectivity index (χ4n) is 1.36.